The van der Waals surface area contributed by atoms with Crippen molar-refractivity contribution >= 4 is 29.2 Å². The minimum atomic E-state index is 0.0790. The maximum atomic E-state index is 11.2. The first-order chi connectivity index (χ1) is 7.75. The second-order valence-electron chi connectivity index (χ2n) is 3.86. The van der Waals surface area contributed by atoms with Crippen molar-refractivity contribution < 1.29 is 4.79 Å². The van der Waals surface area contributed by atoms with Gasteiger partial charge in [0, 0.05) is 19.2 Å². The van der Waals surface area contributed by atoms with Crippen LogP contribution >= 0.6 is 12.2 Å². The molecular formula is C10H10N4OS. The van der Waals surface area contributed by atoms with Gasteiger partial charge >= 0.3 is 0 Å². The number of carbonyl (C=O) groups excluding carboxylic acids is 1. The molecule has 1 fully saturated rings. The lowest BCUT2D eigenvalue weighted by Gasteiger charge is -2.10. The molecule has 2 aromatic heterocycles. The van der Waals surface area contributed by atoms with E-state index >= 15 is 0 Å². The first-order valence-corrected chi connectivity index (χ1v) is 5.47. The Kier molecular flexibility index (Phi) is 2.03. The van der Waals surface area contributed by atoms with Gasteiger partial charge in [-0.2, -0.15) is 0 Å². The van der Waals surface area contributed by atoms with Crippen molar-refractivity contribution in [1.29, 1.82) is 0 Å². The highest BCUT2D eigenvalue weighted by molar-refractivity contribution is 7.71. The number of rotatable bonds is 1. The summed E-state index contributed by atoms with van der Waals surface area (Å²) in [5, 5.41) is 2.81. The number of nitrogens with one attached hydrogen (secondary N) is 2. The molecule has 2 aromatic rings. The minimum absolute atomic E-state index is 0.0790. The molecule has 5 nitrogen and oxygen atoms in total. The Morgan fingerprint density at radius 3 is 3.19 bits per heavy atom. The molecule has 16 heavy (non-hydrogen) atoms. The fourth-order valence-electron chi connectivity index (χ4n) is 2.11. The highest BCUT2D eigenvalue weighted by Gasteiger charge is 2.24. The number of fused-ring (bicyclic) bond motifs is 1. The quantitative estimate of drug-likeness (QED) is 0.728. The first-order valence-electron chi connectivity index (χ1n) is 5.06. The van der Waals surface area contributed by atoms with Crippen LogP contribution in [0.4, 0.5) is 0 Å². The number of hydrogen-bond acceptors (Lipinski definition) is 3. The lowest BCUT2D eigenvalue weighted by Crippen LogP contribution is -2.15. The first kappa shape index (κ1) is 9.53. The van der Waals surface area contributed by atoms with E-state index in [1.54, 1.807) is 12.4 Å². The number of pyridine rings is 1. The third-order valence-corrected chi connectivity index (χ3v) is 3.14. The lowest BCUT2D eigenvalue weighted by atomic mass is 10.2. The van der Waals surface area contributed by atoms with Crippen LogP contribution in [0.3, 0.4) is 0 Å². The number of aromatic nitrogens is 3. The summed E-state index contributed by atoms with van der Waals surface area (Å²) in [5.41, 5.74) is 1.91. The normalized spacial score (nSPS) is 20.2. The van der Waals surface area contributed by atoms with E-state index in [0.29, 0.717) is 17.7 Å². The highest BCUT2D eigenvalue weighted by Crippen LogP contribution is 2.22. The number of H-pyrrole nitrogens is 1. The monoisotopic (exact) mass is 234 g/mol. The Labute approximate surface area is 96.5 Å². The van der Waals surface area contributed by atoms with E-state index in [4.69, 9.17) is 12.2 Å². The third-order valence-electron chi connectivity index (χ3n) is 2.84. The molecule has 0 radical (unpaired) electrons. The molecule has 82 valence electrons. The standard InChI is InChI=1S/C10H10N4OS/c15-9-3-6(4-12-9)14-8-1-2-11-5-7(8)13-10(14)16/h1-2,5-6H,3-4H2,(H,12,15)(H,13,16). The van der Waals surface area contributed by atoms with E-state index in [1.807, 2.05) is 10.6 Å². The predicted molar refractivity (Wildman–Crippen MR) is 61.6 cm³/mol. The Morgan fingerprint density at radius 1 is 1.56 bits per heavy atom. The zero-order chi connectivity index (χ0) is 11.1. The summed E-state index contributed by atoms with van der Waals surface area (Å²) in [5.74, 6) is 0.0790. The van der Waals surface area contributed by atoms with Crippen molar-refractivity contribution in [3.8, 4) is 0 Å². The van der Waals surface area contributed by atoms with Crippen LogP contribution in [0.25, 0.3) is 11.0 Å². The number of nitrogens with zero attached hydrogens (tertiary/aromatic N) is 2. The average Bonchev–Trinajstić information content (AvgIpc) is 2.80. The summed E-state index contributed by atoms with van der Waals surface area (Å²) >= 11 is 5.27. The van der Waals surface area contributed by atoms with Gasteiger partial charge in [-0.05, 0) is 18.3 Å². The molecule has 1 aliphatic heterocycles. The maximum Gasteiger partial charge on any atom is 0.222 e. The van der Waals surface area contributed by atoms with Crippen LogP contribution in [0, 0.1) is 4.77 Å². The van der Waals surface area contributed by atoms with Crippen LogP contribution in [-0.4, -0.2) is 27.0 Å². The van der Waals surface area contributed by atoms with Gasteiger partial charge in [0.25, 0.3) is 0 Å². The number of amides is 1. The van der Waals surface area contributed by atoms with E-state index < -0.39 is 0 Å². The number of carbonyl (C=O) groups is 1. The molecule has 0 aromatic carbocycles. The lowest BCUT2D eigenvalue weighted by molar-refractivity contribution is -0.119. The molecule has 1 unspecified atom stereocenters. The van der Waals surface area contributed by atoms with Crippen LogP contribution < -0.4 is 5.32 Å². The smallest absolute Gasteiger partial charge is 0.222 e. The van der Waals surface area contributed by atoms with Gasteiger partial charge in [-0.1, -0.05) is 0 Å². The maximum absolute atomic E-state index is 11.2. The van der Waals surface area contributed by atoms with E-state index in [0.717, 1.165) is 11.0 Å². The summed E-state index contributed by atoms with van der Waals surface area (Å²) in [6.07, 6.45) is 3.96. The highest BCUT2D eigenvalue weighted by atomic mass is 32.1. The molecule has 0 aliphatic carbocycles. The zero-order valence-corrected chi connectivity index (χ0v) is 9.25. The van der Waals surface area contributed by atoms with Crippen molar-refractivity contribution in [3.05, 3.63) is 23.2 Å². The summed E-state index contributed by atoms with van der Waals surface area (Å²) in [4.78, 5) is 18.3. The van der Waals surface area contributed by atoms with E-state index in [2.05, 4.69) is 15.3 Å². The summed E-state index contributed by atoms with van der Waals surface area (Å²) in [6, 6.07) is 2.01. The molecule has 1 amide bonds. The fourth-order valence-corrected chi connectivity index (χ4v) is 2.47. The molecule has 0 bridgehead atoms. The molecular weight excluding hydrogens is 224 g/mol. The zero-order valence-electron chi connectivity index (χ0n) is 8.43. The second kappa shape index (κ2) is 3.41. The van der Waals surface area contributed by atoms with E-state index in [-0.39, 0.29) is 11.9 Å². The molecule has 1 atom stereocenters. The second-order valence-corrected chi connectivity index (χ2v) is 4.24. The number of aromatic amines is 1. The molecule has 0 saturated carbocycles. The van der Waals surface area contributed by atoms with Crippen LogP contribution in [0.2, 0.25) is 0 Å². The van der Waals surface area contributed by atoms with Gasteiger partial charge in [-0.15, -0.1) is 0 Å². The van der Waals surface area contributed by atoms with Crippen LogP contribution in [-0.2, 0) is 4.79 Å². The van der Waals surface area contributed by atoms with Crippen LogP contribution in [0.5, 0.6) is 0 Å². The Bertz CT molecular complexity index is 615. The van der Waals surface area contributed by atoms with Gasteiger partial charge in [0.1, 0.15) is 0 Å². The topological polar surface area (TPSA) is 62.7 Å². The van der Waals surface area contributed by atoms with Crippen LogP contribution in [0.1, 0.15) is 12.5 Å². The molecule has 2 N–H and O–H groups in total. The van der Waals surface area contributed by atoms with Crippen molar-refractivity contribution in [2.24, 2.45) is 0 Å². The van der Waals surface area contributed by atoms with Crippen molar-refractivity contribution in [2.75, 3.05) is 6.54 Å². The molecule has 6 heteroatoms. The van der Waals surface area contributed by atoms with Gasteiger partial charge < -0.3 is 14.9 Å². The number of imidazole rings is 1. The van der Waals surface area contributed by atoms with Crippen LogP contribution in [0.15, 0.2) is 18.5 Å². The van der Waals surface area contributed by atoms with Crippen molar-refractivity contribution in [3.63, 3.8) is 0 Å². The largest absolute Gasteiger partial charge is 0.354 e. The molecule has 0 spiro atoms. The predicted octanol–water partition coefficient (Wildman–Crippen LogP) is 1.15. The fraction of sp³-hybridized carbons (Fsp3) is 0.300. The van der Waals surface area contributed by atoms with Gasteiger partial charge in [-0.25, -0.2) is 0 Å². The molecule has 1 aliphatic rings. The molecule has 3 rings (SSSR count). The Hall–Kier alpha value is -1.69. The average molecular weight is 234 g/mol. The van der Waals surface area contributed by atoms with E-state index in [1.165, 1.54) is 0 Å². The SMILES string of the molecule is O=C1CC(n2c(=S)[nH]c3cnccc32)CN1. The molecule has 1 saturated heterocycles. The molecule has 3 heterocycles. The van der Waals surface area contributed by atoms with Gasteiger partial charge in [-0.3, -0.25) is 9.78 Å². The van der Waals surface area contributed by atoms with Gasteiger partial charge in [0.05, 0.1) is 23.3 Å². The third kappa shape index (κ3) is 1.34. The van der Waals surface area contributed by atoms with Gasteiger partial charge in [0.2, 0.25) is 5.91 Å². The Morgan fingerprint density at radius 2 is 2.44 bits per heavy atom. The summed E-state index contributed by atoms with van der Waals surface area (Å²) < 4.78 is 2.63. The van der Waals surface area contributed by atoms with Crippen molar-refractivity contribution in [1.82, 2.24) is 19.9 Å². The van der Waals surface area contributed by atoms with Crippen molar-refractivity contribution in [2.45, 2.75) is 12.5 Å². The minimum Gasteiger partial charge on any atom is -0.354 e. The summed E-state index contributed by atoms with van der Waals surface area (Å²) in [6.45, 7) is 0.641. The summed E-state index contributed by atoms with van der Waals surface area (Å²) in [7, 11) is 0. The van der Waals surface area contributed by atoms with Gasteiger partial charge in [0.15, 0.2) is 4.77 Å². The van der Waals surface area contributed by atoms with E-state index in [9.17, 15) is 4.79 Å². The Balaban J connectivity index is 2.19. The number of hydrogen-bond donors (Lipinski definition) is 2.